The van der Waals surface area contributed by atoms with Gasteiger partial charge in [0, 0.05) is 34.3 Å². The van der Waals surface area contributed by atoms with Crippen LogP contribution in [-0.2, 0) is 0 Å². The van der Waals surface area contributed by atoms with Gasteiger partial charge in [0.1, 0.15) is 5.75 Å². The maximum Gasteiger partial charge on any atom is 0.251 e. The number of carbonyl (C=O) groups is 1. The van der Waals surface area contributed by atoms with Crippen LogP contribution in [0.1, 0.15) is 50.9 Å². The van der Waals surface area contributed by atoms with Crippen LogP contribution in [0.15, 0.2) is 54.7 Å². The van der Waals surface area contributed by atoms with Gasteiger partial charge >= 0.3 is 0 Å². The molecule has 2 heterocycles. The number of pyridine rings is 1. The molecule has 2 aromatic carbocycles. The molecular weight excluding hydrogens is 410 g/mol. The van der Waals surface area contributed by atoms with Crippen LogP contribution in [0.3, 0.4) is 0 Å². The topological polar surface area (TPSA) is 63.2 Å². The molecule has 0 atom stereocenters. The molecule has 0 radical (unpaired) electrons. The van der Waals surface area contributed by atoms with Crippen molar-refractivity contribution in [2.75, 3.05) is 0 Å². The number of carbonyl (C=O) groups excluding carboxylic acids is 1. The zero-order chi connectivity index (χ0) is 22.2. The number of hydrogen-bond acceptors (Lipinski definition) is 4. The standard InChI is InChI=1S/C25H28ClN3O2/c1-24(2)14-18(15-25(3,4)29-24)28-22(30)17-9-10-21(20(26)13-17)31-23-19-8-6-5-7-16(19)11-12-27-23/h5-13,18,29H,14-15H2,1-4H3,(H,28,30). The molecule has 1 aliphatic rings. The smallest absolute Gasteiger partial charge is 0.251 e. The van der Waals surface area contributed by atoms with Crippen molar-refractivity contribution in [2.45, 2.75) is 57.7 Å². The van der Waals surface area contributed by atoms with Gasteiger partial charge in [0.05, 0.1) is 5.02 Å². The van der Waals surface area contributed by atoms with E-state index in [0.29, 0.717) is 22.2 Å². The van der Waals surface area contributed by atoms with Gasteiger partial charge in [-0.1, -0.05) is 29.8 Å². The Labute approximate surface area is 188 Å². The number of hydrogen-bond donors (Lipinski definition) is 2. The summed E-state index contributed by atoms with van der Waals surface area (Å²) in [7, 11) is 0. The summed E-state index contributed by atoms with van der Waals surface area (Å²) in [4.78, 5) is 17.2. The first-order valence-corrected chi connectivity index (χ1v) is 10.9. The first kappa shape index (κ1) is 21.6. The molecule has 162 valence electrons. The van der Waals surface area contributed by atoms with Crippen molar-refractivity contribution in [1.29, 1.82) is 0 Å². The molecule has 3 aromatic rings. The first-order valence-electron chi connectivity index (χ1n) is 10.5. The quantitative estimate of drug-likeness (QED) is 0.548. The second-order valence-electron chi connectivity index (χ2n) is 9.56. The van der Waals surface area contributed by atoms with Crippen LogP contribution in [0.25, 0.3) is 10.8 Å². The molecule has 0 bridgehead atoms. The average molecular weight is 438 g/mol. The molecule has 0 unspecified atom stereocenters. The van der Waals surface area contributed by atoms with Crippen LogP contribution in [0.5, 0.6) is 11.6 Å². The second kappa shape index (κ2) is 8.13. The predicted octanol–water partition coefficient (Wildman–Crippen LogP) is 5.72. The van der Waals surface area contributed by atoms with Gasteiger partial charge in [-0.2, -0.15) is 0 Å². The number of fused-ring (bicyclic) bond motifs is 1. The number of benzene rings is 2. The van der Waals surface area contributed by atoms with Gasteiger partial charge < -0.3 is 15.4 Å². The molecule has 1 fully saturated rings. The van der Waals surface area contributed by atoms with Crippen molar-refractivity contribution in [3.05, 3.63) is 65.3 Å². The van der Waals surface area contributed by atoms with Crippen molar-refractivity contribution < 1.29 is 9.53 Å². The van der Waals surface area contributed by atoms with E-state index in [2.05, 4.69) is 43.3 Å². The van der Waals surface area contributed by atoms with Crippen LogP contribution >= 0.6 is 11.6 Å². The molecule has 0 aliphatic carbocycles. The summed E-state index contributed by atoms with van der Waals surface area (Å²) in [5.41, 5.74) is 0.429. The van der Waals surface area contributed by atoms with E-state index in [4.69, 9.17) is 16.3 Å². The minimum atomic E-state index is -0.129. The van der Waals surface area contributed by atoms with Crippen molar-refractivity contribution in [3.63, 3.8) is 0 Å². The Kier molecular flexibility index (Phi) is 5.67. The van der Waals surface area contributed by atoms with E-state index in [1.165, 1.54) is 0 Å². The highest BCUT2D eigenvalue weighted by Gasteiger charge is 2.38. The summed E-state index contributed by atoms with van der Waals surface area (Å²) >= 11 is 6.47. The lowest BCUT2D eigenvalue weighted by molar-refractivity contribution is 0.0873. The molecule has 0 spiro atoms. The van der Waals surface area contributed by atoms with E-state index >= 15 is 0 Å². The van der Waals surface area contributed by atoms with Gasteiger partial charge in [0.25, 0.3) is 5.91 Å². The fourth-order valence-corrected chi connectivity index (χ4v) is 4.91. The number of amides is 1. The molecule has 1 aliphatic heterocycles. The number of aromatic nitrogens is 1. The Hall–Kier alpha value is -2.63. The Morgan fingerprint density at radius 3 is 2.52 bits per heavy atom. The molecule has 0 saturated carbocycles. The van der Waals surface area contributed by atoms with E-state index in [1.54, 1.807) is 24.4 Å². The molecule has 6 heteroatoms. The fourth-order valence-electron chi connectivity index (χ4n) is 4.70. The third kappa shape index (κ3) is 5.00. The van der Waals surface area contributed by atoms with E-state index < -0.39 is 0 Å². The lowest BCUT2D eigenvalue weighted by Crippen LogP contribution is -2.62. The van der Waals surface area contributed by atoms with Crippen LogP contribution in [-0.4, -0.2) is 28.0 Å². The second-order valence-corrected chi connectivity index (χ2v) is 9.96. The molecular formula is C25H28ClN3O2. The van der Waals surface area contributed by atoms with Crippen LogP contribution < -0.4 is 15.4 Å². The maximum absolute atomic E-state index is 12.9. The highest BCUT2D eigenvalue weighted by Crippen LogP contribution is 2.33. The summed E-state index contributed by atoms with van der Waals surface area (Å²) in [6, 6.07) is 15.0. The van der Waals surface area contributed by atoms with Crippen molar-refractivity contribution >= 4 is 28.3 Å². The molecule has 4 rings (SSSR count). The number of nitrogens with one attached hydrogen (secondary N) is 2. The zero-order valence-corrected chi connectivity index (χ0v) is 19.1. The van der Waals surface area contributed by atoms with E-state index in [1.807, 2.05) is 30.3 Å². The minimum Gasteiger partial charge on any atom is -0.437 e. The van der Waals surface area contributed by atoms with Crippen molar-refractivity contribution in [1.82, 2.24) is 15.6 Å². The summed E-state index contributed by atoms with van der Waals surface area (Å²) in [5, 5.41) is 9.11. The normalized spacial score (nSPS) is 18.0. The molecule has 2 N–H and O–H groups in total. The molecule has 1 saturated heterocycles. The zero-order valence-electron chi connectivity index (χ0n) is 18.3. The summed E-state index contributed by atoms with van der Waals surface area (Å²) in [5.74, 6) is 0.817. The molecule has 1 aromatic heterocycles. The number of halogens is 1. The highest BCUT2D eigenvalue weighted by atomic mass is 35.5. The van der Waals surface area contributed by atoms with E-state index in [9.17, 15) is 4.79 Å². The number of ether oxygens (including phenoxy) is 1. The lowest BCUT2D eigenvalue weighted by Gasteiger charge is -2.46. The first-order chi connectivity index (χ1) is 14.6. The maximum atomic E-state index is 12.9. The molecule has 31 heavy (non-hydrogen) atoms. The number of piperidine rings is 1. The third-order valence-electron chi connectivity index (χ3n) is 5.56. The van der Waals surface area contributed by atoms with Crippen molar-refractivity contribution in [2.24, 2.45) is 0 Å². The van der Waals surface area contributed by atoms with Crippen molar-refractivity contribution in [3.8, 4) is 11.6 Å². The Morgan fingerprint density at radius 2 is 1.81 bits per heavy atom. The summed E-state index contributed by atoms with van der Waals surface area (Å²) in [6.07, 6.45) is 3.43. The summed E-state index contributed by atoms with van der Waals surface area (Å²) < 4.78 is 5.98. The fraction of sp³-hybridized carbons (Fsp3) is 0.360. The van der Waals surface area contributed by atoms with Crippen LogP contribution in [0.4, 0.5) is 0 Å². The van der Waals surface area contributed by atoms with Gasteiger partial charge in [0.15, 0.2) is 0 Å². The van der Waals surface area contributed by atoms with Gasteiger partial charge in [-0.25, -0.2) is 4.98 Å². The SMILES string of the molecule is CC1(C)CC(NC(=O)c2ccc(Oc3nccc4ccccc34)c(Cl)c2)CC(C)(C)N1. The van der Waals surface area contributed by atoms with E-state index in [0.717, 1.165) is 23.6 Å². The lowest BCUT2D eigenvalue weighted by atomic mass is 9.79. The highest BCUT2D eigenvalue weighted by molar-refractivity contribution is 6.32. The van der Waals surface area contributed by atoms with Crippen LogP contribution in [0.2, 0.25) is 5.02 Å². The Bertz CT molecular complexity index is 1110. The van der Waals surface area contributed by atoms with E-state index in [-0.39, 0.29) is 23.0 Å². The number of nitrogens with zero attached hydrogens (tertiary/aromatic N) is 1. The number of rotatable bonds is 4. The van der Waals surface area contributed by atoms with Gasteiger partial charge in [-0.15, -0.1) is 0 Å². The van der Waals surface area contributed by atoms with Gasteiger partial charge in [0.2, 0.25) is 5.88 Å². The predicted molar refractivity (Wildman–Crippen MR) is 125 cm³/mol. The van der Waals surface area contributed by atoms with Gasteiger partial charge in [-0.05, 0) is 76.3 Å². The Morgan fingerprint density at radius 1 is 1.10 bits per heavy atom. The summed E-state index contributed by atoms with van der Waals surface area (Å²) in [6.45, 7) is 8.66. The third-order valence-corrected chi connectivity index (χ3v) is 5.86. The molecule has 1 amide bonds. The largest absolute Gasteiger partial charge is 0.437 e. The minimum absolute atomic E-state index is 0.0412. The monoisotopic (exact) mass is 437 g/mol. The van der Waals surface area contributed by atoms with Crippen LogP contribution in [0, 0.1) is 0 Å². The Balaban J connectivity index is 1.50. The average Bonchev–Trinajstić information content (AvgIpc) is 2.67. The molecule has 5 nitrogen and oxygen atoms in total. The van der Waals surface area contributed by atoms with Gasteiger partial charge in [-0.3, -0.25) is 4.79 Å².